The van der Waals surface area contributed by atoms with Crippen molar-refractivity contribution in [1.82, 2.24) is 5.32 Å². The Hall–Kier alpha value is -2.06. The molecule has 0 saturated carbocycles. The first-order chi connectivity index (χ1) is 13.2. The predicted molar refractivity (Wildman–Crippen MR) is 110 cm³/mol. The third kappa shape index (κ3) is 4.17. The predicted octanol–water partition coefficient (Wildman–Crippen LogP) is 3.89. The monoisotopic (exact) mass is 467 g/mol. The van der Waals surface area contributed by atoms with Crippen LogP contribution in [-0.4, -0.2) is 32.8 Å². The minimum absolute atomic E-state index is 0.210. The summed E-state index contributed by atoms with van der Waals surface area (Å²) in [6, 6.07) is 9.37. The van der Waals surface area contributed by atoms with Crippen molar-refractivity contribution < 1.29 is 22.7 Å². The minimum Gasteiger partial charge on any atom is -0.486 e. The van der Waals surface area contributed by atoms with Crippen LogP contribution in [0.3, 0.4) is 0 Å². The Bertz CT molecular complexity index is 986. The number of amides is 1. The zero-order valence-corrected chi connectivity index (χ0v) is 18.3. The number of hydrogen-bond acceptors (Lipinski definition) is 5. The topological polar surface area (TPSA) is 81.7 Å². The van der Waals surface area contributed by atoms with Crippen molar-refractivity contribution in [2.45, 2.75) is 37.0 Å². The molecule has 1 heterocycles. The standard InChI is InChI=1S/C20H22BrNO5S/c1-12(2)28(24,25)15-6-4-14(5-7-15)20(23)22-13(3)16-10-18-19(11-17(16)21)27-9-8-26-18/h4-7,10-13H,8-9H2,1-3H3,(H,22,23). The zero-order chi connectivity index (χ0) is 20.5. The molecule has 8 heteroatoms. The molecule has 0 spiro atoms. The van der Waals surface area contributed by atoms with Crippen LogP contribution in [0.15, 0.2) is 45.8 Å². The third-order valence-electron chi connectivity index (χ3n) is 4.54. The molecule has 0 aliphatic carbocycles. The molecule has 0 bridgehead atoms. The van der Waals surface area contributed by atoms with Crippen molar-refractivity contribution >= 4 is 31.7 Å². The van der Waals surface area contributed by atoms with Crippen LogP contribution in [0.1, 0.15) is 42.7 Å². The molecule has 2 aromatic rings. The molecule has 0 radical (unpaired) electrons. The number of halogens is 1. The van der Waals surface area contributed by atoms with Crippen molar-refractivity contribution in [1.29, 1.82) is 0 Å². The van der Waals surface area contributed by atoms with Gasteiger partial charge in [0.2, 0.25) is 0 Å². The maximum atomic E-state index is 12.6. The molecule has 1 atom stereocenters. The summed E-state index contributed by atoms with van der Waals surface area (Å²) in [5.41, 5.74) is 1.25. The third-order valence-corrected chi connectivity index (χ3v) is 7.40. The average Bonchev–Trinajstić information content (AvgIpc) is 2.67. The van der Waals surface area contributed by atoms with Crippen molar-refractivity contribution in [3.63, 3.8) is 0 Å². The fourth-order valence-corrected chi connectivity index (χ4v) is 4.56. The van der Waals surface area contributed by atoms with Crippen molar-refractivity contribution in [2.75, 3.05) is 13.2 Å². The number of sulfone groups is 1. The van der Waals surface area contributed by atoms with E-state index in [4.69, 9.17) is 9.47 Å². The van der Waals surface area contributed by atoms with Crippen molar-refractivity contribution in [2.24, 2.45) is 0 Å². The van der Waals surface area contributed by atoms with E-state index in [-0.39, 0.29) is 16.8 Å². The highest BCUT2D eigenvalue weighted by molar-refractivity contribution is 9.10. The summed E-state index contributed by atoms with van der Waals surface area (Å²) in [6.07, 6.45) is 0. The van der Waals surface area contributed by atoms with Gasteiger partial charge in [-0.25, -0.2) is 8.42 Å². The second-order valence-electron chi connectivity index (χ2n) is 6.83. The Kier molecular flexibility index (Phi) is 6.00. The van der Waals surface area contributed by atoms with E-state index in [1.54, 1.807) is 13.8 Å². The Morgan fingerprint density at radius 2 is 1.61 bits per heavy atom. The summed E-state index contributed by atoms with van der Waals surface area (Å²) in [7, 11) is -3.36. The molecule has 0 aromatic heterocycles. The van der Waals surface area contributed by atoms with Gasteiger partial charge in [-0.1, -0.05) is 15.9 Å². The van der Waals surface area contributed by atoms with Gasteiger partial charge in [0.15, 0.2) is 21.3 Å². The van der Waals surface area contributed by atoms with E-state index in [1.807, 2.05) is 19.1 Å². The second-order valence-corrected chi connectivity index (χ2v) is 10.2. The molecule has 1 aliphatic rings. The molecule has 3 rings (SSSR count). The van der Waals surface area contributed by atoms with E-state index < -0.39 is 15.1 Å². The number of fused-ring (bicyclic) bond motifs is 1. The first kappa shape index (κ1) is 20.7. The lowest BCUT2D eigenvalue weighted by atomic mass is 10.1. The summed E-state index contributed by atoms with van der Waals surface area (Å²) < 4.78 is 36.4. The molecule has 1 amide bonds. The normalized spacial score (nSPS) is 14.6. The number of carbonyl (C=O) groups is 1. The Morgan fingerprint density at radius 3 is 2.18 bits per heavy atom. The van der Waals surface area contributed by atoms with Gasteiger partial charge >= 0.3 is 0 Å². The molecule has 0 saturated heterocycles. The number of rotatable bonds is 5. The summed E-state index contributed by atoms with van der Waals surface area (Å²) in [5.74, 6) is 1.03. The fourth-order valence-electron chi connectivity index (χ4n) is 2.84. The summed E-state index contributed by atoms with van der Waals surface area (Å²) >= 11 is 3.51. The van der Waals surface area contributed by atoms with Gasteiger partial charge in [-0.3, -0.25) is 4.79 Å². The Labute approximate surface area is 173 Å². The molecule has 150 valence electrons. The molecule has 1 N–H and O–H groups in total. The van der Waals surface area contributed by atoms with E-state index >= 15 is 0 Å². The molecule has 1 unspecified atom stereocenters. The molecule has 0 fully saturated rings. The maximum absolute atomic E-state index is 12.6. The largest absolute Gasteiger partial charge is 0.486 e. The lowest BCUT2D eigenvalue weighted by Crippen LogP contribution is -2.27. The number of carbonyl (C=O) groups excluding carboxylic acids is 1. The number of benzene rings is 2. The molecular weight excluding hydrogens is 446 g/mol. The van der Waals surface area contributed by atoms with Gasteiger partial charge < -0.3 is 14.8 Å². The highest BCUT2D eigenvalue weighted by Crippen LogP contribution is 2.37. The molecule has 2 aromatic carbocycles. The number of hydrogen-bond donors (Lipinski definition) is 1. The van der Waals surface area contributed by atoms with Crippen molar-refractivity contribution in [3.8, 4) is 11.5 Å². The second kappa shape index (κ2) is 8.13. The number of nitrogens with one attached hydrogen (secondary N) is 1. The highest BCUT2D eigenvalue weighted by Gasteiger charge is 2.21. The Balaban J connectivity index is 1.76. The fraction of sp³-hybridized carbons (Fsp3) is 0.350. The maximum Gasteiger partial charge on any atom is 0.251 e. The van der Waals surface area contributed by atoms with Gasteiger partial charge in [-0.05, 0) is 62.7 Å². The van der Waals surface area contributed by atoms with E-state index in [0.29, 0.717) is 30.3 Å². The van der Waals surface area contributed by atoms with Gasteiger partial charge in [-0.2, -0.15) is 0 Å². The highest BCUT2D eigenvalue weighted by atomic mass is 79.9. The number of ether oxygens (including phenoxy) is 2. The van der Waals surface area contributed by atoms with E-state index in [9.17, 15) is 13.2 Å². The average molecular weight is 468 g/mol. The lowest BCUT2D eigenvalue weighted by Gasteiger charge is -2.22. The van der Waals surface area contributed by atoms with Crippen LogP contribution in [0, 0.1) is 0 Å². The van der Waals surface area contributed by atoms with E-state index in [2.05, 4.69) is 21.2 Å². The van der Waals surface area contributed by atoms with E-state index in [0.717, 1.165) is 10.0 Å². The summed E-state index contributed by atoms with van der Waals surface area (Å²) in [5, 5.41) is 2.41. The van der Waals surface area contributed by atoms with Gasteiger partial charge in [0, 0.05) is 10.0 Å². The Morgan fingerprint density at radius 1 is 1.04 bits per heavy atom. The minimum atomic E-state index is -3.36. The van der Waals surface area contributed by atoms with Crippen LogP contribution in [0.2, 0.25) is 0 Å². The lowest BCUT2D eigenvalue weighted by molar-refractivity contribution is 0.0939. The van der Waals surface area contributed by atoms with Crippen LogP contribution >= 0.6 is 15.9 Å². The van der Waals surface area contributed by atoms with Gasteiger partial charge in [0.25, 0.3) is 5.91 Å². The summed E-state index contributed by atoms with van der Waals surface area (Å²) in [4.78, 5) is 12.8. The first-order valence-electron chi connectivity index (χ1n) is 8.94. The van der Waals surface area contributed by atoms with Crippen LogP contribution in [0.5, 0.6) is 11.5 Å². The van der Waals surface area contributed by atoms with Crippen LogP contribution in [0.4, 0.5) is 0 Å². The smallest absolute Gasteiger partial charge is 0.251 e. The molecule has 28 heavy (non-hydrogen) atoms. The van der Waals surface area contributed by atoms with Crippen molar-refractivity contribution in [3.05, 3.63) is 52.0 Å². The van der Waals surface area contributed by atoms with Gasteiger partial charge in [-0.15, -0.1) is 0 Å². The quantitative estimate of drug-likeness (QED) is 0.720. The molecule has 6 nitrogen and oxygen atoms in total. The first-order valence-corrected chi connectivity index (χ1v) is 11.3. The molecule has 1 aliphatic heterocycles. The van der Waals surface area contributed by atoms with Crippen LogP contribution < -0.4 is 14.8 Å². The molecular formula is C20H22BrNO5S. The SMILES string of the molecule is CC(NC(=O)c1ccc(S(=O)(=O)C(C)C)cc1)c1cc2c(cc1Br)OCCO2. The van der Waals surface area contributed by atoms with Crippen LogP contribution in [-0.2, 0) is 9.84 Å². The van der Waals surface area contributed by atoms with E-state index in [1.165, 1.54) is 24.3 Å². The van der Waals surface area contributed by atoms with Gasteiger partial charge in [0.05, 0.1) is 16.2 Å². The van der Waals surface area contributed by atoms with Crippen LogP contribution in [0.25, 0.3) is 0 Å². The zero-order valence-electron chi connectivity index (χ0n) is 15.9. The summed E-state index contributed by atoms with van der Waals surface area (Å²) in [6.45, 7) is 6.12. The van der Waals surface area contributed by atoms with Gasteiger partial charge in [0.1, 0.15) is 13.2 Å².